The molecule has 1 aliphatic rings. The molecule has 118 valence electrons. The Labute approximate surface area is 130 Å². The Bertz CT molecular complexity index is 479. The fourth-order valence-electron chi connectivity index (χ4n) is 2.68. The Morgan fingerprint density at radius 3 is 3.05 bits per heavy atom. The van der Waals surface area contributed by atoms with Gasteiger partial charge in [-0.05, 0) is 39.2 Å². The van der Waals surface area contributed by atoms with Gasteiger partial charge in [0.2, 0.25) is 0 Å². The molecule has 0 aliphatic heterocycles. The molecule has 6 nitrogen and oxygen atoms in total. The van der Waals surface area contributed by atoms with Gasteiger partial charge < -0.3 is 14.6 Å². The van der Waals surface area contributed by atoms with Gasteiger partial charge in [-0.15, -0.1) is 10.2 Å². The fraction of sp³-hybridized carbons (Fsp3) is 0.786. The molecular formula is C14H24N4O2S. The minimum absolute atomic E-state index is 0.112. The standard InChI is InChI=1S/C14H24N4O2S/c1-4-8-15-14(12(19)20-5-2)7-6-11(9-14)21-13-17-16-10-18(13)3/h10-11,15H,4-9H2,1-3H3. The molecule has 0 bridgehead atoms. The van der Waals surface area contributed by atoms with Crippen LogP contribution < -0.4 is 5.32 Å². The Morgan fingerprint density at radius 2 is 2.43 bits per heavy atom. The van der Waals surface area contributed by atoms with Crippen LogP contribution in [0.4, 0.5) is 0 Å². The monoisotopic (exact) mass is 312 g/mol. The highest BCUT2D eigenvalue weighted by Crippen LogP contribution is 2.40. The maximum Gasteiger partial charge on any atom is 0.326 e. The van der Waals surface area contributed by atoms with Crippen LogP contribution in [0, 0.1) is 0 Å². The van der Waals surface area contributed by atoms with E-state index in [1.165, 1.54) is 0 Å². The molecule has 0 spiro atoms. The average Bonchev–Trinajstić information content (AvgIpc) is 3.06. The van der Waals surface area contributed by atoms with Gasteiger partial charge in [0.05, 0.1) is 6.61 Å². The summed E-state index contributed by atoms with van der Waals surface area (Å²) in [6, 6.07) is 0. The fourth-order valence-corrected chi connectivity index (χ4v) is 3.89. The van der Waals surface area contributed by atoms with Gasteiger partial charge in [0.1, 0.15) is 11.9 Å². The van der Waals surface area contributed by atoms with Crippen LogP contribution >= 0.6 is 11.8 Å². The summed E-state index contributed by atoms with van der Waals surface area (Å²) >= 11 is 1.70. The molecule has 0 saturated heterocycles. The summed E-state index contributed by atoms with van der Waals surface area (Å²) in [7, 11) is 1.94. The van der Waals surface area contributed by atoms with Crippen molar-refractivity contribution in [1.29, 1.82) is 0 Å². The highest BCUT2D eigenvalue weighted by molar-refractivity contribution is 7.99. The molecule has 2 unspecified atom stereocenters. The summed E-state index contributed by atoms with van der Waals surface area (Å²) in [5, 5.41) is 12.7. The van der Waals surface area contributed by atoms with E-state index in [9.17, 15) is 4.79 Å². The van der Waals surface area contributed by atoms with Gasteiger partial charge in [0.15, 0.2) is 5.16 Å². The van der Waals surface area contributed by atoms with E-state index >= 15 is 0 Å². The van der Waals surface area contributed by atoms with Crippen molar-refractivity contribution in [2.24, 2.45) is 7.05 Å². The zero-order valence-electron chi connectivity index (χ0n) is 13.0. The first-order valence-corrected chi connectivity index (χ1v) is 8.42. The summed E-state index contributed by atoms with van der Waals surface area (Å²) in [5.74, 6) is -0.112. The van der Waals surface area contributed by atoms with Crippen molar-refractivity contribution in [1.82, 2.24) is 20.1 Å². The molecule has 1 saturated carbocycles. The third kappa shape index (κ3) is 3.77. The zero-order valence-corrected chi connectivity index (χ0v) is 13.8. The Kier molecular flexibility index (Phi) is 5.64. The minimum atomic E-state index is -0.526. The van der Waals surface area contributed by atoms with Crippen molar-refractivity contribution in [2.45, 2.75) is 55.5 Å². The van der Waals surface area contributed by atoms with Gasteiger partial charge in [0.25, 0.3) is 0 Å². The smallest absolute Gasteiger partial charge is 0.326 e. The third-order valence-electron chi connectivity index (χ3n) is 3.79. The van der Waals surface area contributed by atoms with Gasteiger partial charge >= 0.3 is 5.97 Å². The van der Waals surface area contributed by atoms with E-state index in [1.807, 2.05) is 18.5 Å². The summed E-state index contributed by atoms with van der Waals surface area (Å²) in [6.45, 7) is 5.22. The molecule has 0 amide bonds. The largest absolute Gasteiger partial charge is 0.465 e. The number of hydrogen-bond donors (Lipinski definition) is 1. The summed E-state index contributed by atoms with van der Waals surface area (Å²) in [6.07, 6.45) is 5.28. The molecule has 7 heteroatoms. The van der Waals surface area contributed by atoms with E-state index in [4.69, 9.17) is 4.74 Å². The van der Waals surface area contributed by atoms with Crippen LogP contribution in [0.5, 0.6) is 0 Å². The van der Waals surface area contributed by atoms with Crippen LogP contribution in [0.2, 0.25) is 0 Å². The molecule has 1 aromatic heterocycles. The lowest BCUT2D eigenvalue weighted by molar-refractivity contribution is -0.151. The third-order valence-corrected chi connectivity index (χ3v) is 5.11. The maximum absolute atomic E-state index is 12.4. The van der Waals surface area contributed by atoms with E-state index in [0.717, 1.165) is 37.4 Å². The average molecular weight is 312 g/mol. The quantitative estimate of drug-likeness (QED) is 0.774. The first kappa shape index (κ1) is 16.3. The molecule has 1 fully saturated rings. The number of ether oxygens (including phenoxy) is 1. The molecule has 21 heavy (non-hydrogen) atoms. The second-order valence-corrected chi connectivity index (χ2v) is 6.70. The first-order valence-electron chi connectivity index (χ1n) is 7.54. The van der Waals surface area contributed by atoms with E-state index in [0.29, 0.717) is 11.9 Å². The number of rotatable bonds is 7. The van der Waals surface area contributed by atoms with E-state index in [1.54, 1.807) is 18.1 Å². The van der Waals surface area contributed by atoms with Crippen LogP contribution in [-0.4, -0.2) is 44.7 Å². The van der Waals surface area contributed by atoms with Crippen LogP contribution in [0.3, 0.4) is 0 Å². The highest BCUT2D eigenvalue weighted by Gasteiger charge is 2.46. The summed E-state index contributed by atoms with van der Waals surface area (Å²) in [5.41, 5.74) is -0.526. The van der Waals surface area contributed by atoms with Crippen molar-refractivity contribution >= 4 is 17.7 Å². The second kappa shape index (κ2) is 7.26. The normalized spacial score (nSPS) is 25.2. The molecular weight excluding hydrogens is 288 g/mol. The van der Waals surface area contributed by atoms with E-state index in [2.05, 4.69) is 22.4 Å². The lowest BCUT2D eigenvalue weighted by Crippen LogP contribution is -2.51. The summed E-state index contributed by atoms with van der Waals surface area (Å²) in [4.78, 5) is 12.4. The van der Waals surface area contributed by atoms with Crippen molar-refractivity contribution in [2.75, 3.05) is 13.2 Å². The number of aryl methyl sites for hydroxylation is 1. The van der Waals surface area contributed by atoms with Crippen molar-refractivity contribution < 1.29 is 9.53 Å². The molecule has 0 radical (unpaired) electrons. The molecule has 1 N–H and O–H groups in total. The molecule has 0 aromatic carbocycles. The van der Waals surface area contributed by atoms with Crippen LogP contribution in [0.15, 0.2) is 11.5 Å². The predicted molar refractivity (Wildman–Crippen MR) is 82.2 cm³/mol. The van der Waals surface area contributed by atoms with Crippen LogP contribution in [-0.2, 0) is 16.6 Å². The van der Waals surface area contributed by atoms with Gasteiger partial charge in [-0.3, -0.25) is 4.79 Å². The number of nitrogens with one attached hydrogen (secondary N) is 1. The molecule has 1 aliphatic carbocycles. The Morgan fingerprint density at radius 1 is 1.62 bits per heavy atom. The van der Waals surface area contributed by atoms with Gasteiger partial charge in [-0.25, -0.2) is 0 Å². The molecule has 1 heterocycles. The number of nitrogens with zero attached hydrogens (tertiary/aromatic N) is 3. The van der Waals surface area contributed by atoms with Crippen molar-refractivity contribution in [3.8, 4) is 0 Å². The first-order chi connectivity index (χ1) is 10.1. The topological polar surface area (TPSA) is 69.0 Å². The number of carbonyl (C=O) groups is 1. The SMILES string of the molecule is CCCNC1(C(=O)OCC)CCC(Sc2nncn2C)C1. The lowest BCUT2D eigenvalue weighted by atomic mass is 9.97. The number of carbonyl (C=O) groups excluding carboxylic acids is 1. The summed E-state index contributed by atoms with van der Waals surface area (Å²) < 4.78 is 7.20. The van der Waals surface area contributed by atoms with E-state index < -0.39 is 5.54 Å². The Hall–Kier alpha value is -1.08. The molecule has 1 aromatic rings. The van der Waals surface area contributed by atoms with E-state index in [-0.39, 0.29) is 5.97 Å². The Balaban J connectivity index is 2.03. The lowest BCUT2D eigenvalue weighted by Gasteiger charge is -2.28. The van der Waals surface area contributed by atoms with Gasteiger partial charge in [-0.2, -0.15) is 0 Å². The zero-order chi connectivity index (χ0) is 15.3. The maximum atomic E-state index is 12.4. The van der Waals surface area contributed by atoms with Crippen LogP contribution in [0.1, 0.15) is 39.5 Å². The highest BCUT2D eigenvalue weighted by atomic mass is 32.2. The second-order valence-electron chi connectivity index (χ2n) is 5.44. The molecule has 2 rings (SSSR count). The van der Waals surface area contributed by atoms with Crippen molar-refractivity contribution in [3.05, 3.63) is 6.33 Å². The number of esters is 1. The van der Waals surface area contributed by atoms with Gasteiger partial charge in [-0.1, -0.05) is 18.7 Å². The minimum Gasteiger partial charge on any atom is -0.465 e. The van der Waals surface area contributed by atoms with Gasteiger partial charge in [0, 0.05) is 12.3 Å². The van der Waals surface area contributed by atoms with Crippen LogP contribution in [0.25, 0.3) is 0 Å². The predicted octanol–water partition coefficient (Wildman–Crippen LogP) is 1.76. The van der Waals surface area contributed by atoms with Crippen molar-refractivity contribution in [3.63, 3.8) is 0 Å². The number of aromatic nitrogens is 3. The number of hydrogen-bond acceptors (Lipinski definition) is 6. The molecule has 2 atom stereocenters. The number of thioether (sulfide) groups is 1.